The van der Waals surface area contributed by atoms with Gasteiger partial charge in [0.25, 0.3) is 0 Å². The zero-order valence-corrected chi connectivity index (χ0v) is 11.8. The molecule has 1 aromatic heterocycles. The Labute approximate surface area is 118 Å². The fourth-order valence-electron chi connectivity index (χ4n) is 1.85. The largest absolute Gasteiger partial charge is 0.389 e. The van der Waals surface area contributed by atoms with Crippen LogP contribution in [0.15, 0.2) is 40.0 Å². The number of hydrogen-bond donors (Lipinski definition) is 1. The lowest BCUT2D eigenvalue weighted by molar-refractivity contribution is 0.128. The van der Waals surface area contributed by atoms with Crippen molar-refractivity contribution in [3.63, 3.8) is 0 Å². The maximum absolute atomic E-state index is 5.82. The quantitative estimate of drug-likeness (QED) is 0.499. The molecule has 0 aliphatic rings. The third kappa shape index (κ3) is 3.85. The summed E-state index contributed by atoms with van der Waals surface area (Å²) in [6.07, 6.45) is 1.52. The minimum absolute atomic E-state index is 0.327. The Morgan fingerprint density at radius 1 is 1.30 bits per heavy atom. The SMILES string of the molecule is Cc1noc(C)c1CO/N=C(\N)CCc1ccccc1. The summed E-state index contributed by atoms with van der Waals surface area (Å²) in [6.45, 7) is 4.05. The molecule has 0 saturated heterocycles. The molecule has 5 nitrogen and oxygen atoms in total. The zero-order valence-electron chi connectivity index (χ0n) is 11.8. The van der Waals surface area contributed by atoms with E-state index in [0.29, 0.717) is 18.9 Å². The van der Waals surface area contributed by atoms with Gasteiger partial charge in [0.05, 0.1) is 11.3 Å². The van der Waals surface area contributed by atoms with E-state index in [9.17, 15) is 0 Å². The number of hydrogen-bond acceptors (Lipinski definition) is 4. The third-order valence-electron chi connectivity index (χ3n) is 3.08. The van der Waals surface area contributed by atoms with E-state index in [0.717, 1.165) is 23.4 Å². The number of aryl methyl sites for hydroxylation is 3. The fourth-order valence-corrected chi connectivity index (χ4v) is 1.85. The van der Waals surface area contributed by atoms with E-state index in [-0.39, 0.29) is 0 Å². The van der Waals surface area contributed by atoms with Crippen LogP contribution in [0.4, 0.5) is 0 Å². The van der Waals surface area contributed by atoms with E-state index in [1.165, 1.54) is 5.56 Å². The van der Waals surface area contributed by atoms with Crippen molar-refractivity contribution in [2.45, 2.75) is 33.3 Å². The number of nitrogens with zero attached hydrogens (tertiary/aromatic N) is 2. The van der Waals surface area contributed by atoms with Crippen molar-refractivity contribution in [3.05, 3.63) is 52.9 Å². The fraction of sp³-hybridized carbons (Fsp3) is 0.333. The van der Waals surface area contributed by atoms with Gasteiger partial charge in [-0.2, -0.15) is 0 Å². The van der Waals surface area contributed by atoms with Gasteiger partial charge in [-0.3, -0.25) is 0 Å². The second kappa shape index (κ2) is 6.75. The molecule has 2 N–H and O–H groups in total. The molecule has 20 heavy (non-hydrogen) atoms. The molecule has 5 heteroatoms. The summed E-state index contributed by atoms with van der Waals surface area (Å²) in [7, 11) is 0. The van der Waals surface area contributed by atoms with Crippen LogP contribution >= 0.6 is 0 Å². The van der Waals surface area contributed by atoms with Crippen LogP contribution in [0.5, 0.6) is 0 Å². The van der Waals surface area contributed by atoms with Crippen molar-refractivity contribution in [2.75, 3.05) is 0 Å². The van der Waals surface area contributed by atoms with Gasteiger partial charge in [0.2, 0.25) is 0 Å². The van der Waals surface area contributed by atoms with Gasteiger partial charge in [0, 0.05) is 6.42 Å². The number of nitrogens with two attached hydrogens (primary N) is 1. The predicted molar refractivity (Wildman–Crippen MR) is 77.2 cm³/mol. The summed E-state index contributed by atoms with van der Waals surface area (Å²) in [5, 5.41) is 7.78. The molecule has 0 unspecified atom stereocenters. The predicted octanol–water partition coefficient (Wildman–Crippen LogP) is 2.71. The number of amidine groups is 1. The minimum atomic E-state index is 0.327. The Bertz CT molecular complexity index is 557. The Balaban J connectivity index is 1.80. The summed E-state index contributed by atoms with van der Waals surface area (Å²) in [5.74, 6) is 1.24. The monoisotopic (exact) mass is 273 g/mol. The van der Waals surface area contributed by atoms with E-state index in [2.05, 4.69) is 22.4 Å². The van der Waals surface area contributed by atoms with Gasteiger partial charge in [-0.05, 0) is 25.8 Å². The number of benzene rings is 1. The lowest BCUT2D eigenvalue weighted by atomic mass is 10.1. The first-order chi connectivity index (χ1) is 9.66. The Hall–Kier alpha value is -2.30. The van der Waals surface area contributed by atoms with E-state index in [4.69, 9.17) is 15.1 Å². The summed E-state index contributed by atoms with van der Waals surface area (Å²) >= 11 is 0. The van der Waals surface area contributed by atoms with Crippen molar-refractivity contribution in [1.29, 1.82) is 0 Å². The van der Waals surface area contributed by atoms with Gasteiger partial charge in [0.15, 0.2) is 0 Å². The first-order valence-corrected chi connectivity index (χ1v) is 6.57. The molecular weight excluding hydrogens is 254 g/mol. The summed E-state index contributed by atoms with van der Waals surface area (Å²) in [4.78, 5) is 5.25. The maximum Gasteiger partial charge on any atom is 0.147 e. The molecule has 0 saturated carbocycles. The second-order valence-electron chi connectivity index (χ2n) is 4.64. The van der Waals surface area contributed by atoms with Crippen LogP contribution in [0, 0.1) is 13.8 Å². The van der Waals surface area contributed by atoms with E-state index in [1.54, 1.807) is 0 Å². The molecule has 2 aromatic rings. The minimum Gasteiger partial charge on any atom is -0.389 e. The average Bonchev–Trinajstić information content (AvgIpc) is 2.78. The zero-order chi connectivity index (χ0) is 14.4. The molecule has 106 valence electrons. The van der Waals surface area contributed by atoms with E-state index < -0.39 is 0 Å². The first kappa shape index (κ1) is 14.1. The molecule has 0 atom stereocenters. The van der Waals surface area contributed by atoms with E-state index >= 15 is 0 Å². The van der Waals surface area contributed by atoms with Crippen LogP contribution in [0.2, 0.25) is 0 Å². The molecule has 0 bridgehead atoms. The molecule has 0 radical (unpaired) electrons. The van der Waals surface area contributed by atoms with Gasteiger partial charge in [-0.25, -0.2) is 0 Å². The lowest BCUT2D eigenvalue weighted by Gasteiger charge is -2.02. The van der Waals surface area contributed by atoms with Crippen molar-refractivity contribution >= 4 is 5.84 Å². The van der Waals surface area contributed by atoms with Crippen LogP contribution in [0.3, 0.4) is 0 Å². The number of oxime groups is 1. The molecule has 0 spiro atoms. The van der Waals surface area contributed by atoms with Crippen LogP contribution in [0.1, 0.15) is 29.0 Å². The van der Waals surface area contributed by atoms with Crippen molar-refractivity contribution < 1.29 is 9.36 Å². The van der Waals surface area contributed by atoms with Gasteiger partial charge >= 0.3 is 0 Å². The molecule has 1 aromatic carbocycles. The number of rotatable bonds is 6. The number of aromatic nitrogens is 1. The highest BCUT2D eigenvalue weighted by Gasteiger charge is 2.09. The summed E-state index contributed by atoms with van der Waals surface area (Å²) in [5.41, 5.74) is 8.80. The highest BCUT2D eigenvalue weighted by atomic mass is 16.6. The van der Waals surface area contributed by atoms with Gasteiger partial charge in [-0.1, -0.05) is 40.6 Å². The average molecular weight is 273 g/mol. The molecule has 2 rings (SSSR count). The standard InChI is InChI=1S/C15H19N3O2/c1-11-14(12(2)20-17-11)10-19-18-15(16)9-8-13-6-4-3-5-7-13/h3-7H,8-10H2,1-2H3,(H2,16,18). The third-order valence-corrected chi connectivity index (χ3v) is 3.08. The topological polar surface area (TPSA) is 73.6 Å². The molecule has 0 aliphatic heterocycles. The Morgan fingerprint density at radius 2 is 2.05 bits per heavy atom. The highest BCUT2D eigenvalue weighted by Crippen LogP contribution is 2.13. The van der Waals surface area contributed by atoms with Crippen molar-refractivity contribution in [1.82, 2.24) is 5.16 Å². The van der Waals surface area contributed by atoms with E-state index in [1.807, 2.05) is 32.0 Å². The van der Waals surface area contributed by atoms with Crippen LogP contribution in [-0.2, 0) is 17.9 Å². The highest BCUT2D eigenvalue weighted by molar-refractivity contribution is 5.79. The van der Waals surface area contributed by atoms with Gasteiger partial charge in [0.1, 0.15) is 18.2 Å². The molecule has 0 aliphatic carbocycles. The van der Waals surface area contributed by atoms with Crippen LogP contribution in [0.25, 0.3) is 0 Å². The Morgan fingerprint density at radius 3 is 2.70 bits per heavy atom. The second-order valence-corrected chi connectivity index (χ2v) is 4.64. The normalized spacial score (nSPS) is 11.6. The first-order valence-electron chi connectivity index (χ1n) is 6.57. The van der Waals surface area contributed by atoms with Crippen molar-refractivity contribution in [2.24, 2.45) is 10.9 Å². The van der Waals surface area contributed by atoms with Gasteiger partial charge in [-0.15, -0.1) is 0 Å². The van der Waals surface area contributed by atoms with Crippen LogP contribution in [-0.4, -0.2) is 11.0 Å². The molecule has 0 fully saturated rings. The lowest BCUT2D eigenvalue weighted by Crippen LogP contribution is -2.13. The van der Waals surface area contributed by atoms with Gasteiger partial charge < -0.3 is 15.1 Å². The molecule has 0 amide bonds. The smallest absolute Gasteiger partial charge is 0.147 e. The summed E-state index contributed by atoms with van der Waals surface area (Å²) in [6, 6.07) is 10.1. The maximum atomic E-state index is 5.82. The molecular formula is C15H19N3O2. The Kier molecular flexibility index (Phi) is 4.76. The molecule has 1 heterocycles. The summed E-state index contributed by atoms with van der Waals surface area (Å²) < 4.78 is 5.05. The van der Waals surface area contributed by atoms with Crippen LogP contribution < -0.4 is 5.73 Å². The van der Waals surface area contributed by atoms with Crippen molar-refractivity contribution in [3.8, 4) is 0 Å².